The molecule has 0 atom stereocenters. The van der Waals surface area contributed by atoms with Crippen molar-refractivity contribution in [2.75, 3.05) is 32.0 Å². The topological polar surface area (TPSA) is 159 Å². The van der Waals surface area contributed by atoms with Crippen LogP contribution >= 0.6 is 11.6 Å². The van der Waals surface area contributed by atoms with Gasteiger partial charge in [0.25, 0.3) is 5.91 Å². The number of carbonyl (C=O) groups is 1. The average molecular weight is 538 g/mol. The van der Waals surface area contributed by atoms with Crippen molar-refractivity contribution >= 4 is 29.5 Å². The molecule has 1 aliphatic heterocycles. The Kier molecular flexibility index (Phi) is 7.87. The van der Waals surface area contributed by atoms with Crippen LogP contribution in [0, 0.1) is 0 Å². The van der Waals surface area contributed by atoms with Gasteiger partial charge in [0.15, 0.2) is 5.69 Å². The summed E-state index contributed by atoms with van der Waals surface area (Å²) < 4.78 is 17.1. The Bertz CT molecular complexity index is 1400. The summed E-state index contributed by atoms with van der Waals surface area (Å²) in [6.45, 7) is 3.42. The Balaban J connectivity index is 1.25. The molecule has 1 amide bonds. The fourth-order valence-corrected chi connectivity index (χ4v) is 3.85. The van der Waals surface area contributed by atoms with E-state index in [0.29, 0.717) is 55.9 Å². The SMILES string of the molecule is Nc1nonc1-n1nnc(CN2CCOCC2)c1C(=O)N/N=C/c1ccc(OCc2ccc(Cl)cc2)cc1. The predicted octanol–water partition coefficient (Wildman–Crippen LogP) is 2.06. The molecule has 4 aromatic rings. The van der Waals surface area contributed by atoms with Crippen LogP contribution in [0.1, 0.15) is 27.3 Å². The summed E-state index contributed by atoms with van der Waals surface area (Å²) in [5.74, 6) is 0.195. The molecule has 38 heavy (non-hydrogen) atoms. The number of nitrogens with one attached hydrogen (secondary N) is 1. The van der Waals surface area contributed by atoms with Gasteiger partial charge in [-0.1, -0.05) is 28.9 Å². The molecule has 5 rings (SSSR count). The Labute approximate surface area is 222 Å². The summed E-state index contributed by atoms with van der Waals surface area (Å²) >= 11 is 5.91. The van der Waals surface area contributed by atoms with Crippen molar-refractivity contribution in [3.63, 3.8) is 0 Å². The first-order valence-electron chi connectivity index (χ1n) is 11.7. The Hall–Kier alpha value is -4.33. The Morgan fingerprint density at radius 2 is 1.89 bits per heavy atom. The van der Waals surface area contributed by atoms with Crippen LogP contribution < -0.4 is 15.9 Å². The maximum atomic E-state index is 13.2. The first-order chi connectivity index (χ1) is 18.6. The van der Waals surface area contributed by atoms with E-state index in [4.69, 9.17) is 26.8 Å². The summed E-state index contributed by atoms with van der Waals surface area (Å²) in [4.78, 5) is 15.3. The highest BCUT2D eigenvalue weighted by molar-refractivity contribution is 6.30. The van der Waals surface area contributed by atoms with Gasteiger partial charge < -0.3 is 15.2 Å². The molecule has 3 heterocycles. The summed E-state index contributed by atoms with van der Waals surface area (Å²) in [7, 11) is 0. The number of hydrogen-bond acceptors (Lipinski definition) is 11. The third kappa shape index (κ3) is 6.14. The zero-order valence-electron chi connectivity index (χ0n) is 20.2. The zero-order chi connectivity index (χ0) is 26.3. The summed E-state index contributed by atoms with van der Waals surface area (Å²) in [6, 6.07) is 14.7. The van der Waals surface area contributed by atoms with Gasteiger partial charge >= 0.3 is 0 Å². The molecule has 0 bridgehead atoms. The van der Waals surface area contributed by atoms with Gasteiger partial charge in [-0.05, 0) is 57.8 Å². The van der Waals surface area contributed by atoms with Crippen LogP contribution in [0.5, 0.6) is 5.75 Å². The number of nitrogens with two attached hydrogens (primary N) is 1. The number of morpholine rings is 1. The molecule has 1 aliphatic rings. The van der Waals surface area contributed by atoms with E-state index < -0.39 is 5.91 Å². The molecular weight excluding hydrogens is 514 g/mol. The number of halogens is 1. The van der Waals surface area contributed by atoms with Crippen molar-refractivity contribution in [2.24, 2.45) is 5.10 Å². The van der Waals surface area contributed by atoms with Crippen LogP contribution in [0.25, 0.3) is 5.82 Å². The standard InChI is InChI=1S/C24H24ClN9O4/c25-18-5-1-17(2-6-18)15-37-19-7-3-16(4-8-19)13-27-29-24(35)21-20(14-33-9-11-36-12-10-33)28-32-34(21)23-22(26)30-38-31-23/h1-8,13H,9-12,14-15H2,(H2,26,30)(H,29,35)/b27-13+. The third-order valence-electron chi connectivity index (χ3n) is 5.71. The van der Waals surface area contributed by atoms with E-state index in [0.717, 1.165) is 11.1 Å². The van der Waals surface area contributed by atoms with Gasteiger partial charge in [-0.2, -0.15) is 9.78 Å². The fraction of sp³-hybridized carbons (Fsp3) is 0.250. The normalized spacial score (nSPS) is 14.1. The molecular formula is C24H24ClN9O4. The molecule has 2 aromatic heterocycles. The number of hydrogen-bond donors (Lipinski definition) is 2. The smallest absolute Gasteiger partial charge is 0.292 e. The fourth-order valence-electron chi connectivity index (χ4n) is 3.72. The molecule has 14 heteroatoms. The molecule has 0 aliphatic carbocycles. The minimum atomic E-state index is -0.542. The maximum Gasteiger partial charge on any atom is 0.292 e. The van der Waals surface area contributed by atoms with E-state index in [1.54, 1.807) is 0 Å². The first kappa shape index (κ1) is 25.3. The minimum Gasteiger partial charge on any atom is -0.489 e. The van der Waals surface area contributed by atoms with Crippen molar-refractivity contribution in [2.45, 2.75) is 13.2 Å². The molecule has 1 fully saturated rings. The van der Waals surface area contributed by atoms with E-state index in [2.05, 4.69) is 40.7 Å². The minimum absolute atomic E-state index is 0.0243. The molecule has 1 saturated heterocycles. The van der Waals surface area contributed by atoms with Crippen molar-refractivity contribution in [1.82, 2.24) is 35.6 Å². The number of aromatic nitrogens is 5. The lowest BCUT2D eigenvalue weighted by atomic mass is 10.2. The quantitative estimate of drug-likeness (QED) is 0.239. The predicted molar refractivity (Wildman–Crippen MR) is 137 cm³/mol. The van der Waals surface area contributed by atoms with Gasteiger partial charge in [0.05, 0.1) is 19.4 Å². The van der Waals surface area contributed by atoms with Gasteiger partial charge in [-0.25, -0.2) is 10.1 Å². The number of nitrogens with zero attached hydrogens (tertiary/aromatic N) is 7. The van der Waals surface area contributed by atoms with Crippen LogP contribution in [-0.4, -0.2) is 68.6 Å². The molecule has 196 valence electrons. The maximum absolute atomic E-state index is 13.2. The van der Waals surface area contributed by atoms with Crippen LogP contribution in [0.15, 0.2) is 58.3 Å². The summed E-state index contributed by atoms with van der Waals surface area (Å²) in [6.07, 6.45) is 1.52. The monoisotopic (exact) mass is 537 g/mol. The van der Waals surface area contributed by atoms with Crippen LogP contribution in [0.4, 0.5) is 5.82 Å². The van der Waals surface area contributed by atoms with Gasteiger partial charge in [-0.3, -0.25) is 9.69 Å². The lowest BCUT2D eigenvalue weighted by molar-refractivity contribution is 0.0335. The zero-order valence-corrected chi connectivity index (χ0v) is 20.9. The van der Waals surface area contributed by atoms with Crippen LogP contribution in [0.2, 0.25) is 5.02 Å². The third-order valence-corrected chi connectivity index (χ3v) is 5.96. The van der Waals surface area contributed by atoms with Crippen molar-refractivity contribution in [1.29, 1.82) is 0 Å². The summed E-state index contributed by atoms with van der Waals surface area (Å²) in [5.41, 5.74) is 10.7. The molecule has 0 unspecified atom stereocenters. The van der Waals surface area contributed by atoms with Crippen LogP contribution in [-0.2, 0) is 17.9 Å². The number of nitrogen functional groups attached to an aromatic ring is 1. The summed E-state index contributed by atoms with van der Waals surface area (Å²) in [5, 5.41) is 20.3. The number of anilines is 1. The second-order valence-corrected chi connectivity index (χ2v) is 8.78. The second kappa shape index (κ2) is 11.8. The molecule has 0 spiro atoms. The van der Waals surface area contributed by atoms with E-state index in [1.807, 2.05) is 48.5 Å². The van der Waals surface area contributed by atoms with Crippen molar-refractivity contribution in [3.05, 3.63) is 76.1 Å². The lowest BCUT2D eigenvalue weighted by Crippen LogP contribution is -2.36. The van der Waals surface area contributed by atoms with Crippen molar-refractivity contribution < 1.29 is 18.9 Å². The van der Waals surface area contributed by atoms with Gasteiger partial charge in [0.1, 0.15) is 18.1 Å². The van der Waals surface area contributed by atoms with E-state index in [-0.39, 0.29) is 17.3 Å². The molecule has 0 saturated carbocycles. The van der Waals surface area contributed by atoms with Gasteiger partial charge in [0.2, 0.25) is 11.6 Å². The lowest BCUT2D eigenvalue weighted by Gasteiger charge is -2.25. The number of amides is 1. The van der Waals surface area contributed by atoms with E-state index in [1.165, 1.54) is 10.9 Å². The molecule has 0 radical (unpaired) electrons. The van der Waals surface area contributed by atoms with Crippen LogP contribution in [0.3, 0.4) is 0 Å². The van der Waals surface area contributed by atoms with Crippen molar-refractivity contribution in [3.8, 4) is 11.6 Å². The average Bonchev–Trinajstić information content (AvgIpc) is 3.55. The number of ether oxygens (including phenoxy) is 2. The van der Waals surface area contributed by atoms with Gasteiger partial charge in [-0.15, -0.1) is 5.10 Å². The number of hydrazone groups is 1. The molecule has 3 N–H and O–H groups in total. The Morgan fingerprint density at radius 1 is 1.13 bits per heavy atom. The largest absolute Gasteiger partial charge is 0.489 e. The number of benzene rings is 2. The first-order valence-corrected chi connectivity index (χ1v) is 12.1. The number of carbonyl (C=O) groups excluding carboxylic acids is 1. The molecule has 2 aromatic carbocycles. The second-order valence-electron chi connectivity index (χ2n) is 8.34. The number of rotatable bonds is 9. The molecule has 13 nitrogen and oxygen atoms in total. The van der Waals surface area contributed by atoms with E-state index in [9.17, 15) is 4.79 Å². The van der Waals surface area contributed by atoms with E-state index >= 15 is 0 Å². The highest BCUT2D eigenvalue weighted by Crippen LogP contribution is 2.18. The highest BCUT2D eigenvalue weighted by Gasteiger charge is 2.26. The Morgan fingerprint density at radius 3 is 2.61 bits per heavy atom. The van der Waals surface area contributed by atoms with Gasteiger partial charge in [0, 0.05) is 24.7 Å². The highest BCUT2D eigenvalue weighted by atomic mass is 35.5.